The number of rotatable bonds is 4. The summed E-state index contributed by atoms with van der Waals surface area (Å²) in [5, 5.41) is 2.57. The summed E-state index contributed by atoms with van der Waals surface area (Å²) in [5.74, 6) is 0. The first kappa shape index (κ1) is 17.1. The molecule has 1 aliphatic rings. The number of aromatic amines is 2. The molecule has 0 unspecified atom stereocenters. The van der Waals surface area contributed by atoms with Crippen LogP contribution in [0.25, 0.3) is 5.57 Å². The minimum atomic E-state index is -0.533. The third-order valence-corrected chi connectivity index (χ3v) is 4.70. The molecule has 136 valence electrons. The summed E-state index contributed by atoms with van der Waals surface area (Å²) in [6, 6.07) is 19.5. The predicted octanol–water partition coefficient (Wildman–Crippen LogP) is 2.49. The molecule has 4 rings (SSSR count). The molecule has 3 aromatic rings. The van der Waals surface area contributed by atoms with Gasteiger partial charge in [0.25, 0.3) is 0 Å². The van der Waals surface area contributed by atoms with Crippen LogP contribution >= 0.6 is 0 Å². The molecule has 0 saturated carbocycles. The molecule has 2 atom stereocenters. The highest BCUT2D eigenvalue weighted by atomic mass is 16.5. The van der Waals surface area contributed by atoms with Gasteiger partial charge in [0.2, 0.25) is 0 Å². The second-order valence-electron chi connectivity index (χ2n) is 6.29. The van der Waals surface area contributed by atoms with E-state index in [2.05, 4.69) is 10.1 Å². The number of nitrogens with zero attached hydrogens (tertiary/aromatic N) is 1. The summed E-state index contributed by atoms with van der Waals surface area (Å²) < 4.78 is 6.99. The molecule has 27 heavy (non-hydrogen) atoms. The molecule has 0 amide bonds. The van der Waals surface area contributed by atoms with E-state index in [9.17, 15) is 9.59 Å². The Morgan fingerprint density at radius 2 is 1.52 bits per heavy atom. The van der Waals surface area contributed by atoms with E-state index in [1.54, 1.807) is 7.11 Å². The maximum absolute atomic E-state index is 12.2. The lowest BCUT2D eigenvalue weighted by atomic mass is 9.89. The predicted molar refractivity (Wildman–Crippen MR) is 104 cm³/mol. The number of H-pyrrole nitrogens is 2. The number of hydrogen-bond donors (Lipinski definition) is 2. The zero-order valence-electron chi connectivity index (χ0n) is 14.8. The van der Waals surface area contributed by atoms with E-state index in [0.717, 1.165) is 22.3 Å². The molecule has 2 N–H and O–H groups in total. The molecule has 6 nitrogen and oxygen atoms in total. The van der Waals surface area contributed by atoms with Crippen LogP contribution in [0, 0.1) is 0 Å². The van der Waals surface area contributed by atoms with Gasteiger partial charge in [-0.25, -0.2) is 19.4 Å². The average molecular weight is 361 g/mol. The quantitative estimate of drug-likeness (QED) is 0.701. The lowest BCUT2D eigenvalue weighted by Gasteiger charge is -2.22. The topological polar surface area (TPSA) is 79.9 Å². The van der Waals surface area contributed by atoms with Gasteiger partial charge in [0, 0.05) is 7.11 Å². The molecule has 0 aliphatic heterocycles. The number of allylic oxidation sites excluding steroid dienone is 1. The van der Waals surface area contributed by atoms with Gasteiger partial charge in [-0.05, 0) is 22.3 Å². The zero-order chi connectivity index (χ0) is 18.8. The van der Waals surface area contributed by atoms with Gasteiger partial charge in [-0.2, -0.15) is 0 Å². The lowest BCUT2D eigenvalue weighted by Crippen LogP contribution is -2.26. The van der Waals surface area contributed by atoms with Crippen molar-refractivity contribution >= 4 is 5.57 Å². The highest BCUT2D eigenvalue weighted by Crippen LogP contribution is 2.39. The Kier molecular flexibility index (Phi) is 4.48. The van der Waals surface area contributed by atoms with Gasteiger partial charge in [-0.15, -0.1) is 0 Å². The smallest absolute Gasteiger partial charge is 0.345 e. The first-order valence-electron chi connectivity index (χ1n) is 8.66. The molecule has 2 aromatic carbocycles. The molecule has 0 bridgehead atoms. The van der Waals surface area contributed by atoms with E-state index in [1.807, 2.05) is 72.8 Å². The number of aromatic nitrogens is 3. The Hall–Kier alpha value is -3.38. The molecule has 1 aliphatic carbocycles. The van der Waals surface area contributed by atoms with E-state index < -0.39 is 17.4 Å². The monoisotopic (exact) mass is 361 g/mol. The third kappa shape index (κ3) is 3.11. The lowest BCUT2D eigenvalue weighted by molar-refractivity contribution is 0.168. The minimum absolute atomic E-state index is 0.310. The minimum Gasteiger partial charge on any atom is -0.373 e. The molecular formula is C21H19N3O3. The van der Waals surface area contributed by atoms with Crippen molar-refractivity contribution in [3.05, 3.63) is 110 Å². The van der Waals surface area contributed by atoms with E-state index >= 15 is 0 Å². The van der Waals surface area contributed by atoms with Gasteiger partial charge in [0.05, 0.1) is 12.1 Å². The third-order valence-electron chi connectivity index (χ3n) is 4.70. The van der Waals surface area contributed by atoms with Gasteiger partial charge >= 0.3 is 11.4 Å². The van der Waals surface area contributed by atoms with Crippen LogP contribution in [-0.2, 0) is 4.74 Å². The van der Waals surface area contributed by atoms with E-state index in [1.165, 1.54) is 4.68 Å². The first-order valence-corrected chi connectivity index (χ1v) is 8.66. The molecule has 0 radical (unpaired) electrons. The van der Waals surface area contributed by atoms with Crippen molar-refractivity contribution in [1.82, 2.24) is 14.8 Å². The zero-order valence-corrected chi connectivity index (χ0v) is 14.8. The van der Waals surface area contributed by atoms with E-state index in [-0.39, 0.29) is 6.10 Å². The summed E-state index contributed by atoms with van der Waals surface area (Å²) >= 11 is 0. The summed E-state index contributed by atoms with van der Waals surface area (Å²) in [4.78, 5) is 26.1. The molecule has 0 spiro atoms. The van der Waals surface area contributed by atoms with Crippen molar-refractivity contribution in [2.45, 2.75) is 12.1 Å². The number of nitrogens with one attached hydrogen (secondary N) is 2. The molecular weight excluding hydrogens is 342 g/mol. The molecule has 0 fully saturated rings. The van der Waals surface area contributed by atoms with Crippen LogP contribution < -0.4 is 11.4 Å². The average Bonchev–Trinajstić information content (AvgIpc) is 3.26. The molecule has 1 aromatic heterocycles. The van der Waals surface area contributed by atoms with Crippen LogP contribution in [0.15, 0.2) is 88.0 Å². The fourth-order valence-electron chi connectivity index (χ4n) is 3.55. The van der Waals surface area contributed by atoms with Crippen LogP contribution in [0.1, 0.15) is 17.2 Å². The normalized spacial score (nSPS) is 18.8. The van der Waals surface area contributed by atoms with Gasteiger partial charge in [0.1, 0.15) is 0 Å². The van der Waals surface area contributed by atoms with Crippen molar-refractivity contribution in [3.63, 3.8) is 0 Å². The second kappa shape index (κ2) is 7.09. The van der Waals surface area contributed by atoms with Gasteiger partial charge in [-0.3, -0.25) is 4.98 Å². The Morgan fingerprint density at radius 1 is 0.926 bits per heavy atom. The summed E-state index contributed by atoms with van der Waals surface area (Å²) in [5.41, 5.74) is 2.89. The summed E-state index contributed by atoms with van der Waals surface area (Å²) in [6.07, 6.45) is 3.47. The van der Waals surface area contributed by atoms with Crippen molar-refractivity contribution in [2.75, 3.05) is 7.11 Å². The molecule has 0 saturated heterocycles. The van der Waals surface area contributed by atoms with E-state index in [4.69, 9.17) is 4.74 Å². The van der Waals surface area contributed by atoms with Crippen LogP contribution in [-0.4, -0.2) is 28.0 Å². The molecule has 1 heterocycles. The highest BCUT2D eigenvalue weighted by Gasteiger charge is 2.32. The Labute approximate surface area is 155 Å². The summed E-state index contributed by atoms with van der Waals surface area (Å²) in [7, 11) is 1.63. The Morgan fingerprint density at radius 3 is 2.00 bits per heavy atom. The summed E-state index contributed by atoms with van der Waals surface area (Å²) in [6.45, 7) is 0. The number of ether oxygens (including phenoxy) is 1. The highest BCUT2D eigenvalue weighted by molar-refractivity contribution is 5.84. The van der Waals surface area contributed by atoms with Crippen molar-refractivity contribution in [1.29, 1.82) is 0 Å². The van der Waals surface area contributed by atoms with E-state index in [0.29, 0.717) is 0 Å². The van der Waals surface area contributed by atoms with Crippen LogP contribution in [0.4, 0.5) is 0 Å². The first-order chi connectivity index (χ1) is 13.2. The fourth-order valence-corrected chi connectivity index (χ4v) is 3.55. The van der Waals surface area contributed by atoms with Gasteiger partial charge < -0.3 is 4.74 Å². The maximum atomic E-state index is 12.2. The van der Waals surface area contributed by atoms with Crippen molar-refractivity contribution < 1.29 is 4.74 Å². The second-order valence-corrected chi connectivity index (χ2v) is 6.29. The number of hydrogen-bond acceptors (Lipinski definition) is 3. The van der Waals surface area contributed by atoms with Crippen LogP contribution in [0.5, 0.6) is 0 Å². The number of methoxy groups -OCH3 is 1. The Balaban J connectivity index is 2.01. The molecule has 6 heteroatoms. The Bertz CT molecular complexity index is 1060. The van der Waals surface area contributed by atoms with Gasteiger partial charge in [-0.1, -0.05) is 72.8 Å². The van der Waals surface area contributed by atoms with Crippen LogP contribution in [0.2, 0.25) is 0 Å². The maximum Gasteiger partial charge on any atom is 0.345 e. The van der Waals surface area contributed by atoms with Crippen molar-refractivity contribution in [3.8, 4) is 0 Å². The fraction of sp³-hybridized carbons (Fsp3) is 0.143. The SMILES string of the molecule is CO[C@H]1C=C[C@@H](n2[nH]c(=O)[nH]c2=O)C1=C(c1ccccc1)c1ccccc1. The van der Waals surface area contributed by atoms with Gasteiger partial charge in [0.15, 0.2) is 0 Å². The van der Waals surface area contributed by atoms with Crippen LogP contribution in [0.3, 0.4) is 0 Å². The standard InChI is InChI=1S/C21H19N3O3/c1-27-17-13-12-16(24-21(26)22-20(25)23-24)19(17)18(14-8-4-2-5-9-14)15-10-6-3-7-11-15/h2-13,16-17H,1H3,(H2,22,23,25,26)/t16-,17+/m1/s1. The largest absolute Gasteiger partial charge is 0.373 e. The number of benzene rings is 2. The van der Waals surface area contributed by atoms with Crippen molar-refractivity contribution in [2.24, 2.45) is 0 Å².